The topological polar surface area (TPSA) is 77.9 Å². The van der Waals surface area contributed by atoms with Crippen LogP contribution in [0.3, 0.4) is 0 Å². The molecule has 7 heteroatoms. The van der Waals surface area contributed by atoms with Gasteiger partial charge in [-0.2, -0.15) is 0 Å². The van der Waals surface area contributed by atoms with Crippen LogP contribution in [0.15, 0.2) is 41.2 Å². The van der Waals surface area contributed by atoms with E-state index in [1.807, 2.05) is 31.2 Å². The second-order valence-electron chi connectivity index (χ2n) is 6.93. The molecule has 0 spiro atoms. The molecule has 2 N–H and O–H groups in total. The van der Waals surface area contributed by atoms with Crippen LogP contribution >= 0.6 is 0 Å². The number of benzene rings is 2. The summed E-state index contributed by atoms with van der Waals surface area (Å²) in [5, 5.41) is 0.479. The first-order valence-corrected chi connectivity index (χ1v) is 9.72. The number of methoxy groups -OCH3 is 2. The van der Waals surface area contributed by atoms with Gasteiger partial charge in [0.2, 0.25) is 0 Å². The zero-order valence-electron chi connectivity index (χ0n) is 17.4. The number of aromatic nitrogens is 2. The number of rotatable bonds is 9. The summed E-state index contributed by atoms with van der Waals surface area (Å²) in [5.41, 5.74) is 1.58. The summed E-state index contributed by atoms with van der Waals surface area (Å²) in [6.07, 6.45) is 0. The molecule has 0 radical (unpaired) electrons. The second-order valence-corrected chi connectivity index (χ2v) is 6.93. The second kappa shape index (κ2) is 9.43. The number of likely N-dealkylation sites (N-methyl/N-ethyl adjacent to an activating group) is 1. The maximum atomic E-state index is 12.5. The Labute approximate surface area is 170 Å². The van der Waals surface area contributed by atoms with Crippen molar-refractivity contribution in [2.75, 3.05) is 33.9 Å². The monoisotopic (exact) mass is 398 g/mol. The largest absolute Gasteiger partial charge is 0.493 e. The van der Waals surface area contributed by atoms with Crippen LogP contribution in [0, 0.1) is 6.92 Å². The van der Waals surface area contributed by atoms with Crippen molar-refractivity contribution in [3.05, 3.63) is 58.1 Å². The molecular formula is C22H28N3O4+. The third kappa shape index (κ3) is 5.06. The van der Waals surface area contributed by atoms with Gasteiger partial charge in [-0.15, -0.1) is 0 Å². The average molecular weight is 398 g/mol. The Morgan fingerprint density at radius 2 is 1.86 bits per heavy atom. The van der Waals surface area contributed by atoms with Crippen molar-refractivity contribution in [3.63, 3.8) is 0 Å². The lowest BCUT2D eigenvalue weighted by Crippen LogP contribution is -3.11. The number of H-pyrrole nitrogens is 1. The SMILES string of the molecule is CC[NH+](CCOc1cccc(C)c1)Cc1nc2cc(OC)c(OC)cc2c(=O)[nH]1. The van der Waals surface area contributed by atoms with Gasteiger partial charge in [-0.3, -0.25) is 4.79 Å². The third-order valence-corrected chi connectivity index (χ3v) is 4.89. The highest BCUT2D eigenvalue weighted by atomic mass is 16.5. The van der Waals surface area contributed by atoms with E-state index in [0.29, 0.717) is 41.4 Å². The van der Waals surface area contributed by atoms with Crippen molar-refractivity contribution in [3.8, 4) is 17.2 Å². The molecule has 0 aliphatic carbocycles. The van der Waals surface area contributed by atoms with Gasteiger partial charge in [0.25, 0.3) is 5.56 Å². The summed E-state index contributed by atoms with van der Waals surface area (Å²) in [6, 6.07) is 11.4. The molecule has 1 unspecified atom stereocenters. The predicted octanol–water partition coefficient (Wildman–Crippen LogP) is 1.73. The number of aromatic amines is 1. The fraction of sp³-hybridized carbons (Fsp3) is 0.364. The van der Waals surface area contributed by atoms with Crippen LogP contribution in [-0.4, -0.2) is 43.9 Å². The van der Waals surface area contributed by atoms with Crippen LogP contribution in [0.2, 0.25) is 0 Å². The molecule has 3 aromatic rings. The number of nitrogens with zero attached hydrogens (tertiary/aromatic N) is 1. The molecule has 2 aromatic carbocycles. The van der Waals surface area contributed by atoms with Gasteiger partial charge in [0.1, 0.15) is 25.4 Å². The number of nitrogens with one attached hydrogen (secondary N) is 2. The van der Waals surface area contributed by atoms with Crippen molar-refractivity contribution >= 4 is 10.9 Å². The Kier molecular flexibility index (Phi) is 6.72. The Balaban J connectivity index is 1.72. The van der Waals surface area contributed by atoms with E-state index in [-0.39, 0.29) is 5.56 Å². The normalized spacial score (nSPS) is 12.0. The molecule has 1 aromatic heterocycles. The molecule has 0 saturated heterocycles. The molecule has 154 valence electrons. The minimum atomic E-state index is -0.183. The van der Waals surface area contributed by atoms with Crippen LogP contribution < -0.4 is 24.7 Å². The fourth-order valence-electron chi connectivity index (χ4n) is 3.24. The van der Waals surface area contributed by atoms with Gasteiger partial charge in [0, 0.05) is 6.07 Å². The van der Waals surface area contributed by atoms with Gasteiger partial charge in [-0.1, -0.05) is 12.1 Å². The molecular weight excluding hydrogens is 370 g/mol. The zero-order chi connectivity index (χ0) is 20.8. The van der Waals surface area contributed by atoms with Crippen LogP contribution in [-0.2, 0) is 6.54 Å². The molecule has 0 fully saturated rings. The summed E-state index contributed by atoms with van der Waals surface area (Å²) < 4.78 is 16.5. The third-order valence-electron chi connectivity index (χ3n) is 4.89. The number of quaternary nitrogens is 1. The first-order valence-electron chi connectivity index (χ1n) is 9.72. The number of hydrogen-bond donors (Lipinski definition) is 2. The Morgan fingerprint density at radius 1 is 1.10 bits per heavy atom. The number of fused-ring (bicyclic) bond motifs is 1. The van der Waals surface area contributed by atoms with Gasteiger partial charge < -0.3 is 24.1 Å². The summed E-state index contributed by atoms with van der Waals surface area (Å²) in [7, 11) is 3.11. The van der Waals surface area contributed by atoms with E-state index < -0.39 is 0 Å². The van der Waals surface area contributed by atoms with Gasteiger partial charge in [-0.25, -0.2) is 4.98 Å². The van der Waals surface area contributed by atoms with E-state index in [1.165, 1.54) is 10.5 Å². The molecule has 0 bridgehead atoms. The van der Waals surface area contributed by atoms with Crippen molar-refractivity contribution in [2.24, 2.45) is 0 Å². The molecule has 3 rings (SSSR count). The molecule has 7 nitrogen and oxygen atoms in total. The highest BCUT2D eigenvalue weighted by Crippen LogP contribution is 2.29. The van der Waals surface area contributed by atoms with E-state index in [4.69, 9.17) is 14.2 Å². The zero-order valence-corrected chi connectivity index (χ0v) is 17.4. The Morgan fingerprint density at radius 3 is 2.55 bits per heavy atom. The van der Waals surface area contributed by atoms with E-state index in [1.54, 1.807) is 26.4 Å². The molecule has 29 heavy (non-hydrogen) atoms. The van der Waals surface area contributed by atoms with Gasteiger partial charge >= 0.3 is 0 Å². The molecule has 0 aliphatic rings. The van der Waals surface area contributed by atoms with E-state index in [9.17, 15) is 4.79 Å². The Bertz CT molecular complexity index is 1030. The van der Waals surface area contributed by atoms with Crippen LogP contribution in [0.25, 0.3) is 10.9 Å². The maximum absolute atomic E-state index is 12.5. The minimum absolute atomic E-state index is 0.183. The van der Waals surface area contributed by atoms with Crippen molar-refractivity contribution in [1.29, 1.82) is 0 Å². The first kappa shape index (κ1) is 20.7. The average Bonchev–Trinajstić information content (AvgIpc) is 2.72. The van der Waals surface area contributed by atoms with E-state index in [0.717, 1.165) is 18.8 Å². The lowest BCUT2D eigenvalue weighted by atomic mass is 10.2. The molecule has 0 saturated carbocycles. The Hall–Kier alpha value is -3.06. The lowest BCUT2D eigenvalue weighted by Gasteiger charge is -2.18. The van der Waals surface area contributed by atoms with E-state index in [2.05, 4.69) is 16.9 Å². The first-order chi connectivity index (χ1) is 14.0. The van der Waals surface area contributed by atoms with Gasteiger partial charge in [-0.05, 0) is 37.6 Å². The van der Waals surface area contributed by atoms with Gasteiger partial charge in [0.15, 0.2) is 17.3 Å². The summed E-state index contributed by atoms with van der Waals surface area (Å²) in [5.74, 6) is 2.57. The fourth-order valence-corrected chi connectivity index (χ4v) is 3.24. The van der Waals surface area contributed by atoms with Crippen molar-refractivity contribution in [1.82, 2.24) is 9.97 Å². The summed E-state index contributed by atoms with van der Waals surface area (Å²) >= 11 is 0. The minimum Gasteiger partial charge on any atom is -0.493 e. The van der Waals surface area contributed by atoms with Crippen LogP contribution in [0.5, 0.6) is 17.2 Å². The number of hydrogen-bond acceptors (Lipinski definition) is 5. The van der Waals surface area contributed by atoms with Gasteiger partial charge in [0.05, 0.1) is 31.7 Å². The standard InChI is InChI=1S/C22H27N3O4/c1-5-25(9-10-29-16-8-6-7-15(2)11-16)14-21-23-18-13-20(28-4)19(27-3)12-17(18)22(26)24-21/h6-8,11-13H,5,9-10,14H2,1-4H3,(H,23,24,26)/p+1. The number of ether oxygens (including phenoxy) is 3. The summed E-state index contributed by atoms with van der Waals surface area (Å²) in [6.45, 7) is 7.05. The highest BCUT2D eigenvalue weighted by Gasteiger charge is 2.14. The smallest absolute Gasteiger partial charge is 0.259 e. The lowest BCUT2D eigenvalue weighted by molar-refractivity contribution is -0.912. The van der Waals surface area contributed by atoms with E-state index >= 15 is 0 Å². The maximum Gasteiger partial charge on any atom is 0.259 e. The molecule has 0 amide bonds. The number of aryl methyl sites for hydroxylation is 1. The van der Waals surface area contributed by atoms with Crippen molar-refractivity contribution in [2.45, 2.75) is 20.4 Å². The summed E-state index contributed by atoms with van der Waals surface area (Å²) in [4.78, 5) is 21.3. The predicted molar refractivity (Wildman–Crippen MR) is 112 cm³/mol. The highest BCUT2D eigenvalue weighted by molar-refractivity contribution is 5.81. The van der Waals surface area contributed by atoms with Crippen LogP contribution in [0.4, 0.5) is 0 Å². The molecule has 1 heterocycles. The van der Waals surface area contributed by atoms with Crippen molar-refractivity contribution < 1.29 is 19.1 Å². The molecule has 1 atom stereocenters. The molecule has 0 aliphatic heterocycles. The quantitative estimate of drug-likeness (QED) is 0.574. The van der Waals surface area contributed by atoms with Crippen LogP contribution in [0.1, 0.15) is 18.3 Å².